The fourth-order valence-electron chi connectivity index (χ4n) is 1.71. The highest BCUT2D eigenvalue weighted by molar-refractivity contribution is 5.73. The fourth-order valence-corrected chi connectivity index (χ4v) is 1.71. The van der Waals surface area contributed by atoms with Gasteiger partial charge in [0.1, 0.15) is 6.04 Å². The maximum atomic E-state index is 12.5. The Balaban J connectivity index is 4.47. The van der Waals surface area contributed by atoms with Crippen LogP contribution in [0.4, 0.5) is 13.2 Å². The van der Waals surface area contributed by atoms with E-state index in [0.29, 0.717) is 6.42 Å². The van der Waals surface area contributed by atoms with Crippen molar-refractivity contribution in [2.24, 2.45) is 11.7 Å². The van der Waals surface area contributed by atoms with Gasteiger partial charge in [-0.05, 0) is 13.3 Å². The number of alkyl halides is 3. The first kappa shape index (κ1) is 17.2. The minimum absolute atomic E-state index is 0.0644. The van der Waals surface area contributed by atoms with Gasteiger partial charge in [0.2, 0.25) is 0 Å². The minimum Gasteiger partial charge on any atom is -0.466 e. The summed E-state index contributed by atoms with van der Waals surface area (Å²) < 4.78 is 42.3. The second-order valence-corrected chi connectivity index (χ2v) is 4.28. The van der Waals surface area contributed by atoms with Gasteiger partial charge in [0.15, 0.2) is 0 Å². The molecule has 108 valence electrons. The van der Waals surface area contributed by atoms with Crippen LogP contribution in [-0.4, -0.2) is 24.8 Å². The highest BCUT2D eigenvalue weighted by Gasteiger charge is 2.45. The average molecular weight is 269 g/mol. The van der Waals surface area contributed by atoms with E-state index in [1.807, 2.05) is 6.92 Å². The van der Waals surface area contributed by atoms with Crippen LogP contribution < -0.4 is 5.73 Å². The lowest BCUT2D eigenvalue weighted by molar-refractivity contribution is -0.176. The Morgan fingerprint density at radius 1 is 1.22 bits per heavy atom. The van der Waals surface area contributed by atoms with E-state index in [-0.39, 0.29) is 13.0 Å². The lowest BCUT2D eigenvalue weighted by Crippen LogP contribution is -2.47. The van der Waals surface area contributed by atoms with Gasteiger partial charge in [0, 0.05) is 0 Å². The van der Waals surface area contributed by atoms with E-state index >= 15 is 0 Å². The standard InChI is InChI=1S/C12H22F3NO2/c1-3-5-6-7-8-9(11(17)18-4-2)10(16)12(13,14)15/h9-10H,3-8,16H2,1-2H3/t9-,10-/m1/s1. The van der Waals surface area contributed by atoms with Crippen molar-refractivity contribution >= 4 is 5.97 Å². The van der Waals surface area contributed by atoms with E-state index < -0.39 is 24.1 Å². The van der Waals surface area contributed by atoms with Gasteiger partial charge in [-0.25, -0.2) is 0 Å². The zero-order valence-corrected chi connectivity index (χ0v) is 10.9. The molecule has 0 rings (SSSR count). The van der Waals surface area contributed by atoms with Crippen molar-refractivity contribution in [2.75, 3.05) is 6.61 Å². The molecule has 0 radical (unpaired) electrons. The third-order valence-corrected chi connectivity index (χ3v) is 2.77. The number of hydrogen-bond donors (Lipinski definition) is 1. The third-order valence-electron chi connectivity index (χ3n) is 2.77. The van der Waals surface area contributed by atoms with Crippen LogP contribution in [0.3, 0.4) is 0 Å². The molecule has 0 spiro atoms. The van der Waals surface area contributed by atoms with E-state index in [4.69, 9.17) is 5.73 Å². The molecule has 18 heavy (non-hydrogen) atoms. The predicted octanol–water partition coefficient (Wildman–Crippen LogP) is 3.03. The summed E-state index contributed by atoms with van der Waals surface area (Å²) in [5, 5.41) is 0. The van der Waals surface area contributed by atoms with Crippen LogP contribution in [-0.2, 0) is 9.53 Å². The normalized spacial score (nSPS) is 15.2. The molecule has 0 bridgehead atoms. The Morgan fingerprint density at radius 2 is 1.83 bits per heavy atom. The average Bonchev–Trinajstić information content (AvgIpc) is 2.27. The Morgan fingerprint density at radius 3 is 2.28 bits per heavy atom. The molecule has 2 N–H and O–H groups in total. The second-order valence-electron chi connectivity index (χ2n) is 4.28. The van der Waals surface area contributed by atoms with E-state index in [9.17, 15) is 18.0 Å². The molecule has 0 aliphatic heterocycles. The zero-order valence-electron chi connectivity index (χ0n) is 10.9. The van der Waals surface area contributed by atoms with Gasteiger partial charge in [0.25, 0.3) is 0 Å². The van der Waals surface area contributed by atoms with Gasteiger partial charge >= 0.3 is 12.1 Å². The Kier molecular flexibility index (Phi) is 7.98. The topological polar surface area (TPSA) is 52.3 Å². The maximum absolute atomic E-state index is 12.5. The number of nitrogens with two attached hydrogens (primary N) is 1. The molecular weight excluding hydrogens is 247 g/mol. The summed E-state index contributed by atoms with van der Waals surface area (Å²) in [6.45, 7) is 3.63. The number of ether oxygens (including phenoxy) is 1. The number of rotatable bonds is 8. The molecule has 0 fully saturated rings. The summed E-state index contributed by atoms with van der Waals surface area (Å²) in [4.78, 5) is 11.5. The molecule has 0 unspecified atom stereocenters. The second kappa shape index (κ2) is 8.34. The summed E-state index contributed by atoms with van der Waals surface area (Å²) in [5.41, 5.74) is 5.12. The largest absolute Gasteiger partial charge is 0.466 e. The van der Waals surface area contributed by atoms with Gasteiger partial charge in [-0.3, -0.25) is 4.79 Å². The van der Waals surface area contributed by atoms with Crippen molar-refractivity contribution in [3.8, 4) is 0 Å². The van der Waals surface area contributed by atoms with Crippen molar-refractivity contribution in [1.29, 1.82) is 0 Å². The summed E-state index contributed by atoms with van der Waals surface area (Å²) in [6, 6.07) is -2.14. The van der Waals surface area contributed by atoms with E-state index in [0.717, 1.165) is 19.3 Å². The van der Waals surface area contributed by atoms with E-state index in [1.54, 1.807) is 6.92 Å². The van der Waals surface area contributed by atoms with Crippen LogP contribution in [0, 0.1) is 5.92 Å². The molecule has 0 aliphatic rings. The molecule has 0 aromatic heterocycles. The number of carbonyl (C=O) groups excluding carboxylic acids is 1. The van der Waals surface area contributed by atoms with E-state index in [2.05, 4.69) is 4.74 Å². The minimum atomic E-state index is -4.57. The van der Waals surface area contributed by atoms with E-state index in [1.165, 1.54) is 0 Å². The molecule has 2 atom stereocenters. The summed E-state index contributed by atoms with van der Waals surface area (Å²) in [6.07, 6.45) is -1.16. The quantitative estimate of drug-likeness (QED) is 0.544. The first-order valence-electron chi connectivity index (χ1n) is 6.33. The van der Waals surface area contributed by atoms with Gasteiger partial charge in [0.05, 0.1) is 12.5 Å². The van der Waals surface area contributed by atoms with Crippen LogP contribution >= 0.6 is 0 Å². The summed E-state index contributed by atoms with van der Waals surface area (Å²) >= 11 is 0. The van der Waals surface area contributed by atoms with Crippen molar-refractivity contribution in [2.45, 2.75) is 58.2 Å². The molecule has 0 heterocycles. The molecule has 0 amide bonds. The molecule has 0 aromatic rings. The summed E-state index contributed by atoms with van der Waals surface area (Å²) in [7, 11) is 0. The van der Waals surface area contributed by atoms with Crippen molar-refractivity contribution in [3.63, 3.8) is 0 Å². The molecule has 3 nitrogen and oxygen atoms in total. The van der Waals surface area contributed by atoms with Crippen LogP contribution in [0.5, 0.6) is 0 Å². The molecule has 0 aliphatic carbocycles. The number of halogens is 3. The highest BCUT2D eigenvalue weighted by atomic mass is 19.4. The Hall–Kier alpha value is -0.780. The van der Waals surface area contributed by atoms with Gasteiger partial charge in [-0.1, -0.05) is 32.6 Å². The first-order valence-corrected chi connectivity index (χ1v) is 6.33. The monoisotopic (exact) mass is 269 g/mol. The van der Waals surface area contributed by atoms with Crippen LogP contribution in [0.25, 0.3) is 0 Å². The zero-order chi connectivity index (χ0) is 14.2. The van der Waals surface area contributed by atoms with Crippen LogP contribution in [0.15, 0.2) is 0 Å². The molecule has 0 saturated carbocycles. The maximum Gasteiger partial charge on any atom is 0.404 e. The number of unbranched alkanes of at least 4 members (excludes halogenated alkanes) is 3. The van der Waals surface area contributed by atoms with Crippen LogP contribution in [0.1, 0.15) is 46.0 Å². The molecular formula is C12H22F3NO2. The molecule has 0 saturated heterocycles. The number of esters is 1. The lowest BCUT2D eigenvalue weighted by Gasteiger charge is -2.24. The van der Waals surface area contributed by atoms with Crippen molar-refractivity contribution in [1.82, 2.24) is 0 Å². The van der Waals surface area contributed by atoms with Gasteiger partial charge in [-0.15, -0.1) is 0 Å². The number of carbonyl (C=O) groups is 1. The smallest absolute Gasteiger partial charge is 0.404 e. The SMILES string of the molecule is CCCCCC[C@@H](C(=O)OCC)[C@@H](N)C(F)(F)F. The summed E-state index contributed by atoms with van der Waals surface area (Å²) in [5.74, 6) is -2.14. The third kappa shape index (κ3) is 6.23. The predicted molar refractivity (Wildman–Crippen MR) is 62.9 cm³/mol. The molecule has 0 aromatic carbocycles. The van der Waals surface area contributed by atoms with Gasteiger partial charge < -0.3 is 10.5 Å². The first-order chi connectivity index (χ1) is 8.34. The fraction of sp³-hybridized carbons (Fsp3) is 0.917. The molecule has 6 heteroatoms. The lowest BCUT2D eigenvalue weighted by atomic mass is 9.93. The van der Waals surface area contributed by atoms with Crippen LogP contribution in [0.2, 0.25) is 0 Å². The van der Waals surface area contributed by atoms with Crippen molar-refractivity contribution < 1.29 is 22.7 Å². The Bertz CT molecular complexity index is 244. The highest BCUT2D eigenvalue weighted by Crippen LogP contribution is 2.28. The van der Waals surface area contributed by atoms with Crippen molar-refractivity contribution in [3.05, 3.63) is 0 Å². The Labute approximate surface area is 106 Å². The van der Waals surface area contributed by atoms with Gasteiger partial charge in [-0.2, -0.15) is 13.2 Å². The number of hydrogen-bond acceptors (Lipinski definition) is 3.